The number of carbonyl (C=O) groups is 2. The Bertz CT molecular complexity index is 1270. The molecule has 1 aromatic heterocycles. The SMILES string of the molecule is COc1ccc(Cl)cc1-c1nnc(S/C(=C/[C@@H]2C(=O)N(c3ccccc3)N=C2C)C(=O)O)o1. The number of carbonyl (C=O) groups excluding carboxylic acids is 1. The molecule has 0 fully saturated rings. The van der Waals surface area contributed by atoms with Crippen LogP contribution in [0.15, 0.2) is 74.3 Å². The summed E-state index contributed by atoms with van der Waals surface area (Å²) in [6.45, 7) is 1.67. The Balaban J connectivity index is 1.59. The lowest BCUT2D eigenvalue weighted by Crippen LogP contribution is -2.26. The molecular weight excluding hydrogens is 468 g/mol. The van der Waals surface area contributed by atoms with Gasteiger partial charge in [0.05, 0.1) is 34.9 Å². The van der Waals surface area contributed by atoms with Crippen LogP contribution in [0.2, 0.25) is 5.02 Å². The summed E-state index contributed by atoms with van der Waals surface area (Å²) in [5.41, 5.74) is 1.54. The molecule has 4 rings (SSSR count). The molecule has 1 atom stereocenters. The molecule has 0 bridgehead atoms. The molecule has 1 aliphatic heterocycles. The number of rotatable bonds is 7. The van der Waals surface area contributed by atoms with Gasteiger partial charge in [-0.25, -0.2) is 4.79 Å². The normalized spacial score (nSPS) is 16.2. The summed E-state index contributed by atoms with van der Waals surface area (Å²) in [5.74, 6) is -1.84. The van der Waals surface area contributed by atoms with Gasteiger partial charge in [-0.05, 0) is 55.1 Å². The highest BCUT2D eigenvalue weighted by atomic mass is 35.5. The number of benzene rings is 2. The van der Waals surface area contributed by atoms with Gasteiger partial charge >= 0.3 is 5.97 Å². The Kier molecular flexibility index (Phi) is 6.47. The van der Waals surface area contributed by atoms with Gasteiger partial charge in [0.25, 0.3) is 17.0 Å². The molecule has 2 aromatic carbocycles. The summed E-state index contributed by atoms with van der Waals surface area (Å²) in [6.07, 6.45) is 1.33. The lowest BCUT2D eigenvalue weighted by Gasteiger charge is -2.12. The minimum Gasteiger partial charge on any atom is -0.496 e. The van der Waals surface area contributed by atoms with Gasteiger partial charge in [-0.15, -0.1) is 10.2 Å². The molecule has 0 spiro atoms. The first kappa shape index (κ1) is 22.6. The van der Waals surface area contributed by atoms with Gasteiger partial charge in [-0.3, -0.25) is 4.79 Å². The number of aliphatic carboxylic acids is 1. The fourth-order valence-corrected chi connectivity index (χ4v) is 3.98. The number of carboxylic acid groups (broad SMARTS) is 1. The zero-order valence-corrected chi connectivity index (χ0v) is 19.0. The molecule has 0 aliphatic carbocycles. The number of aromatic nitrogens is 2. The van der Waals surface area contributed by atoms with E-state index in [-0.39, 0.29) is 21.9 Å². The van der Waals surface area contributed by atoms with Crippen molar-refractivity contribution in [3.8, 4) is 17.2 Å². The van der Waals surface area contributed by atoms with Gasteiger partial charge in [0.1, 0.15) is 5.75 Å². The summed E-state index contributed by atoms with van der Waals surface area (Å²) in [6, 6.07) is 13.8. The van der Waals surface area contributed by atoms with E-state index in [0.29, 0.717) is 27.7 Å². The number of carboxylic acids is 1. The van der Waals surface area contributed by atoms with Crippen molar-refractivity contribution in [1.29, 1.82) is 0 Å². The molecule has 2 heterocycles. The summed E-state index contributed by atoms with van der Waals surface area (Å²) < 4.78 is 10.9. The van der Waals surface area contributed by atoms with E-state index in [9.17, 15) is 14.7 Å². The summed E-state index contributed by atoms with van der Waals surface area (Å²) in [4.78, 5) is 24.7. The van der Waals surface area contributed by atoms with Crippen LogP contribution in [0.4, 0.5) is 5.69 Å². The van der Waals surface area contributed by atoms with Crippen molar-refractivity contribution >= 4 is 46.6 Å². The fourth-order valence-electron chi connectivity index (χ4n) is 3.13. The lowest BCUT2D eigenvalue weighted by atomic mass is 10.0. The predicted molar refractivity (Wildman–Crippen MR) is 123 cm³/mol. The van der Waals surface area contributed by atoms with Crippen LogP contribution >= 0.6 is 23.4 Å². The first-order valence-corrected chi connectivity index (χ1v) is 10.8. The number of hydrazone groups is 1. The Morgan fingerprint density at radius 3 is 2.70 bits per heavy atom. The standard InChI is InChI=1S/C22H17ClN4O5S/c1-12-15(20(28)27(26-12)14-6-4-3-5-7-14)11-18(21(29)30)33-22-25-24-19(32-22)16-10-13(23)8-9-17(16)31-2/h3-11,15H,1-2H3,(H,29,30)/b18-11+/t15-/m0/s1. The van der Waals surface area contributed by atoms with E-state index in [1.54, 1.807) is 49.4 Å². The van der Waals surface area contributed by atoms with Gasteiger partial charge in [0, 0.05) is 5.02 Å². The number of ether oxygens (including phenoxy) is 1. The number of methoxy groups -OCH3 is 1. The Morgan fingerprint density at radius 2 is 2.00 bits per heavy atom. The Labute approximate surface area is 197 Å². The van der Waals surface area contributed by atoms with Crippen LogP contribution in [0.3, 0.4) is 0 Å². The van der Waals surface area contributed by atoms with Crippen LogP contribution in [-0.2, 0) is 9.59 Å². The molecule has 0 radical (unpaired) electrons. The van der Waals surface area contributed by atoms with Crippen LogP contribution in [0, 0.1) is 5.92 Å². The third-order valence-corrected chi connectivity index (χ3v) is 5.81. The minimum absolute atomic E-state index is 0.0133. The van der Waals surface area contributed by atoms with Gasteiger partial charge in [0.15, 0.2) is 0 Å². The molecule has 0 unspecified atom stereocenters. The molecule has 9 nitrogen and oxygen atoms in total. The largest absolute Gasteiger partial charge is 0.496 e. The highest BCUT2D eigenvalue weighted by Gasteiger charge is 2.34. The van der Waals surface area contributed by atoms with Crippen molar-refractivity contribution in [3.63, 3.8) is 0 Å². The highest BCUT2D eigenvalue weighted by molar-refractivity contribution is 8.03. The van der Waals surface area contributed by atoms with Crippen molar-refractivity contribution in [3.05, 3.63) is 64.5 Å². The van der Waals surface area contributed by atoms with Crippen molar-refractivity contribution in [2.75, 3.05) is 12.1 Å². The zero-order chi connectivity index (χ0) is 23.5. The van der Waals surface area contributed by atoms with Crippen LogP contribution in [0.1, 0.15) is 6.92 Å². The molecule has 0 saturated heterocycles. The highest BCUT2D eigenvalue weighted by Crippen LogP contribution is 2.35. The molecule has 0 saturated carbocycles. The number of amides is 1. The Hall–Kier alpha value is -3.63. The van der Waals surface area contributed by atoms with Crippen molar-refractivity contribution in [2.45, 2.75) is 12.1 Å². The van der Waals surface area contributed by atoms with Gasteiger partial charge < -0.3 is 14.3 Å². The monoisotopic (exact) mass is 484 g/mol. The zero-order valence-electron chi connectivity index (χ0n) is 17.4. The first-order valence-electron chi connectivity index (χ1n) is 9.62. The van der Waals surface area contributed by atoms with Crippen LogP contribution in [0.5, 0.6) is 5.75 Å². The van der Waals surface area contributed by atoms with Crippen molar-refractivity contribution < 1.29 is 23.8 Å². The van der Waals surface area contributed by atoms with Crippen LogP contribution < -0.4 is 9.75 Å². The number of para-hydroxylation sites is 1. The van der Waals surface area contributed by atoms with Gasteiger partial charge in [-0.2, -0.15) is 10.1 Å². The van der Waals surface area contributed by atoms with E-state index in [1.165, 1.54) is 18.2 Å². The van der Waals surface area contributed by atoms with E-state index < -0.39 is 11.9 Å². The second-order valence-corrected chi connectivity index (χ2v) is 8.29. The van der Waals surface area contributed by atoms with E-state index in [1.807, 2.05) is 6.07 Å². The molecule has 33 heavy (non-hydrogen) atoms. The van der Waals surface area contributed by atoms with Crippen molar-refractivity contribution in [2.24, 2.45) is 11.0 Å². The third-order valence-electron chi connectivity index (χ3n) is 4.71. The maximum absolute atomic E-state index is 12.9. The maximum Gasteiger partial charge on any atom is 0.342 e. The van der Waals surface area contributed by atoms with Crippen LogP contribution in [-0.4, -0.2) is 40.0 Å². The smallest absolute Gasteiger partial charge is 0.342 e. The number of hydrogen-bond acceptors (Lipinski definition) is 8. The maximum atomic E-state index is 12.9. The van der Waals surface area contributed by atoms with E-state index in [0.717, 1.165) is 11.8 Å². The second-order valence-electron chi connectivity index (χ2n) is 6.86. The van der Waals surface area contributed by atoms with E-state index >= 15 is 0 Å². The number of thioether (sulfide) groups is 1. The summed E-state index contributed by atoms with van der Waals surface area (Å²) in [5, 5.41) is 23.6. The third kappa shape index (κ3) is 4.76. The number of nitrogens with zero attached hydrogens (tertiary/aromatic N) is 4. The van der Waals surface area contributed by atoms with Gasteiger partial charge in [-0.1, -0.05) is 29.8 Å². The average molecular weight is 485 g/mol. The summed E-state index contributed by atoms with van der Waals surface area (Å²) >= 11 is 6.79. The average Bonchev–Trinajstić information content (AvgIpc) is 3.38. The summed E-state index contributed by atoms with van der Waals surface area (Å²) in [7, 11) is 1.49. The Morgan fingerprint density at radius 1 is 1.24 bits per heavy atom. The molecule has 1 aliphatic rings. The lowest BCUT2D eigenvalue weighted by molar-refractivity contribution is -0.131. The topological polar surface area (TPSA) is 118 Å². The van der Waals surface area contributed by atoms with Gasteiger partial charge in [0.2, 0.25) is 0 Å². The van der Waals surface area contributed by atoms with Crippen molar-refractivity contribution in [1.82, 2.24) is 10.2 Å². The van der Waals surface area contributed by atoms with E-state index in [4.69, 9.17) is 20.8 Å². The first-order chi connectivity index (χ1) is 15.9. The van der Waals surface area contributed by atoms with E-state index in [2.05, 4.69) is 15.3 Å². The predicted octanol–water partition coefficient (Wildman–Crippen LogP) is 4.50. The van der Waals surface area contributed by atoms with Crippen LogP contribution in [0.25, 0.3) is 11.5 Å². The quantitative estimate of drug-likeness (QED) is 0.384. The fraction of sp³-hybridized carbons (Fsp3) is 0.136. The molecule has 1 amide bonds. The number of hydrogen-bond donors (Lipinski definition) is 1. The molecular formula is C22H17ClN4O5S. The molecule has 1 N–H and O–H groups in total. The molecule has 3 aromatic rings. The minimum atomic E-state index is -1.24. The number of anilines is 1. The molecule has 168 valence electrons. The second kappa shape index (κ2) is 9.47. The number of halogens is 1. The molecule has 11 heteroatoms.